The number of aromatic nitrogens is 3. The third-order valence-electron chi connectivity index (χ3n) is 11.1. The Hall–Kier alpha value is -7.86. The summed E-state index contributed by atoms with van der Waals surface area (Å²) in [5, 5.41) is 17.8. The molecule has 0 bridgehead atoms. The summed E-state index contributed by atoms with van der Waals surface area (Å²) in [5.41, 5.74) is 12.2. The van der Waals surface area contributed by atoms with E-state index in [0.29, 0.717) is 11.3 Å². The van der Waals surface area contributed by atoms with Crippen LogP contribution in [0.4, 0.5) is 5.69 Å². The van der Waals surface area contributed by atoms with Gasteiger partial charge in [0.1, 0.15) is 6.07 Å². The number of benzene rings is 8. The fraction of sp³-hybridized carbons (Fsp3) is 0. The Balaban J connectivity index is 1.17. The van der Waals surface area contributed by atoms with Crippen LogP contribution in [-0.2, 0) is 0 Å². The van der Waals surface area contributed by atoms with E-state index < -0.39 is 0 Å². The Labute approximate surface area is 316 Å². The summed E-state index contributed by atoms with van der Waals surface area (Å²) in [5.74, 6) is 0. The predicted octanol–water partition coefficient (Wildman–Crippen LogP) is 13.1. The van der Waals surface area contributed by atoms with Crippen LogP contribution in [0.2, 0.25) is 0 Å². The molecule has 0 amide bonds. The molecule has 11 aromatic rings. The molecule has 0 aliphatic rings. The van der Waals surface area contributed by atoms with Gasteiger partial charge in [0.2, 0.25) is 0 Å². The van der Waals surface area contributed by atoms with Crippen molar-refractivity contribution in [1.82, 2.24) is 13.7 Å². The number of fused-ring (bicyclic) bond motifs is 9. The van der Waals surface area contributed by atoms with Gasteiger partial charge in [0.25, 0.3) is 0 Å². The van der Waals surface area contributed by atoms with Crippen molar-refractivity contribution < 1.29 is 0 Å². The molecular weight excluding hydrogens is 671 g/mol. The van der Waals surface area contributed by atoms with Gasteiger partial charge in [0.05, 0.1) is 51.1 Å². The topological polar surface area (TPSA) is 42.9 Å². The lowest BCUT2D eigenvalue weighted by atomic mass is 9.98. The summed E-state index contributed by atoms with van der Waals surface area (Å²) >= 11 is 0. The second kappa shape index (κ2) is 11.8. The summed E-state index contributed by atoms with van der Waals surface area (Å²) in [7, 11) is 0. The molecule has 3 heterocycles. The lowest BCUT2D eigenvalue weighted by molar-refractivity contribution is 1.13. The van der Waals surface area contributed by atoms with Gasteiger partial charge in [-0.1, -0.05) is 121 Å². The molecule has 0 atom stereocenters. The highest BCUT2D eigenvalue weighted by molar-refractivity contribution is 6.15. The van der Waals surface area contributed by atoms with Crippen LogP contribution in [0, 0.1) is 17.9 Å². The van der Waals surface area contributed by atoms with E-state index in [-0.39, 0.29) is 0 Å². The van der Waals surface area contributed by atoms with Crippen molar-refractivity contribution in [2.75, 3.05) is 0 Å². The molecule has 0 aliphatic carbocycles. The third-order valence-corrected chi connectivity index (χ3v) is 11.1. The standard InChI is InChI=1S/C50H29N5/c1-52-33-27-28-40-38-17-4-9-24-46(38)55(49(40)30-33)47-25-11-19-35(42(47)31-51)32-13-10-14-34(29-32)53-43-21-6-5-18-39(43)41-20-12-26-48(50(41)53)54-44-22-7-2-15-36(44)37-16-3-8-23-45(37)54/h2-30H. The van der Waals surface area contributed by atoms with Gasteiger partial charge in [0, 0.05) is 49.1 Å². The van der Waals surface area contributed by atoms with Crippen molar-refractivity contribution in [3.05, 3.63) is 193 Å². The lowest BCUT2D eigenvalue weighted by Gasteiger charge is -2.16. The molecule has 0 aliphatic heterocycles. The molecule has 0 saturated carbocycles. The average molecular weight is 700 g/mol. The van der Waals surface area contributed by atoms with E-state index in [1.54, 1.807) is 0 Å². The van der Waals surface area contributed by atoms with E-state index in [9.17, 15) is 5.26 Å². The van der Waals surface area contributed by atoms with Crippen molar-refractivity contribution in [3.8, 4) is 34.3 Å². The Kier molecular flexibility index (Phi) is 6.61. The monoisotopic (exact) mass is 699 g/mol. The van der Waals surface area contributed by atoms with E-state index in [4.69, 9.17) is 6.57 Å². The zero-order valence-corrected chi connectivity index (χ0v) is 29.5. The molecule has 8 aromatic carbocycles. The maximum atomic E-state index is 10.9. The summed E-state index contributed by atoms with van der Waals surface area (Å²) in [6.07, 6.45) is 0. The minimum atomic E-state index is 0.561. The third kappa shape index (κ3) is 4.39. The first kappa shape index (κ1) is 30.7. The van der Waals surface area contributed by atoms with Gasteiger partial charge in [-0.2, -0.15) is 5.26 Å². The molecule has 0 fully saturated rings. The van der Waals surface area contributed by atoms with Gasteiger partial charge < -0.3 is 13.7 Å². The van der Waals surface area contributed by atoms with Gasteiger partial charge in [-0.25, -0.2) is 4.85 Å². The zero-order valence-electron chi connectivity index (χ0n) is 29.5. The number of nitriles is 1. The molecule has 0 saturated heterocycles. The molecule has 0 spiro atoms. The highest BCUT2D eigenvalue weighted by Gasteiger charge is 2.21. The van der Waals surface area contributed by atoms with Crippen LogP contribution in [0.1, 0.15) is 5.56 Å². The van der Waals surface area contributed by atoms with Crippen LogP contribution in [0.25, 0.3) is 98.5 Å². The summed E-state index contributed by atoms with van der Waals surface area (Å²) in [4.78, 5) is 3.73. The highest BCUT2D eigenvalue weighted by atomic mass is 15.1. The first-order chi connectivity index (χ1) is 27.2. The van der Waals surface area contributed by atoms with E-state index in [1.807, 2.05) is 48.5 Å². The van der Waals surface area contributed by atoms with Crippen molar-refractivity contribution in [2.24, 2.45) is 0 Å². The SMILES string of the molecule is [C-]#[N+]c1ccc2c3ccccc3n(-c3cccc(-c4cccc(-n5c6ccccc6c6cccc(-n7c8ccccc8c8ccccc87)c65)c4)c3C#N)c2c1. The van der Waals surface area contributed by atoms with Crippen LogP contribution >= 0.6 is 0 Å². The second-order valence-electron chi connectivity index (χ2n) is 13.9. The molecule has 0 unspecified atom stereocenters. The molecule has 55 heavy (non-hydrogen) atoms. The average Bonchev–Trinajstić information content (AvgIpc) is 3.89. The summed E-state index contributed by atoms with van der Waals surface area (Å²) in [6.45, 7) is 7.72. The molecule has 0 radical (unpaired) electrons. The highest BCUT2D eigenvalue weighted by Crippen LogP contribution is 2.41. The molecule has 254 valence electrons. The number of hydrogen-bond acceptors (Lipinski definition) is 1. The van der Waals surface area contributed by atoms with Gasteiger partial charge >= 0.3 is 0 Å². The van der Waals surface area contributed by atoms with Crippen molar-refractivity contribution in [2.45, 2.75) is 0 Å². The van der Waals surface area contributed by atoms with Gasteiger partial charge in [-0.15, -0.1) is 0 Å². The zero-order chi connectivity index (χ0) is 36.6. The Morgan fingerprint density at radius 2 is 0.945 bits per heavy atom. The maximum absolute atomic E-state index is 10.9. The minimum Gasteiger partial charge on any atom is -0.309 e. The fourth-order valence-electron chi connectivity index (χ4n) is 8.82. The quantitative estimate of drug-likeness (QED) is 0.169. The number of nitrogens with zero attached hydrogens (tertiary/aromatic N) is 5. The van der Waals surface area contributed by atoms with Crippen LogP contribution in [0.5, 0.6) is 0 Å². The fourth-order valence-corrected chi connectivity index (χ4v) is 8.82. The summed E-state index contributed by atoms with van der Waals surface area (Å²) < 4.78 is 6.91. The van der Waals surface area contributed by atoms with E-state index in [0.717, 1.165) is 72.1 Å². The van der Waals surface area contributed by atoms with E-state index in [1.165, 1.54) is 21.5 Å². The van der Waals surface area contributed by atoms with Crippen LogP contribution in [0.3, 0.4) is 0 Å². The molecule has 11 rings (SSSR count). The van der Waals surface area contributed by atoms with Crippen LogP contribution in [-0.4, -0.2) is 13.7 Å². The van der Waals surface area contributed by atoms with Crippen molar-refractivity contribution in [1.29, 1.82) is 5.26 Å². The van der Waals surface area contributed by atoms with Gasteiger partial charge in [0.15, 0.2) is 5.69 Å². The summed E-state index contributed by atoms with van der Waals surface area (Å²) in [6, 6.07) is 63.7. The predicted molar refractivity (Wildman–Crippen MR) is 226 cm³/mol. The van der Waals surface area contributed by atoms with Gasteiger partial charge in [-0.3, -0.25) is 0 Å². The van der Waals surface area contributed by atoms with Gasteiger partial charge in [-0.05, 0) is 60.2 Å². The molecular formula is C50H29N5. The Morgan fingerprint density at radius 1 is 0.436 bits per heavy atom. The van der Waals surface area contributed by atoms with Crippen LogP contribution in [0.15, 0.2) is 176 Å². The minimum absolute atomic E-state index is 0.561. The lowest BCUT2D eigenvalue weighted by Crippen LogP contribution is -2.01. The molecule has 0 N–H and O–H groups in total. The number of hydrogen-bond donors (Lipinski definition) is 0. The first-order valence-electron chi connectivity index (χ1n) is 18.3. The molecule has 5 nitrogen and oxygen atoms in total. The Bertz CT molecular complexity index is 3420. The first-order valence-corrected chi connectivity index (χ1v) is 18.3. The van der Waals surface area contributed by atoms with E-state index in [2.05, 4.69) is 152 Å². The van der Waals surface area contributed by atoms with Crippen molar-refractivity contribution in [3.63, 3.8) is 0 Å². The second-order valence-corrected chi connectivity index (χ2v) is 13.9. The number of rotatable bonds is 4. The smallest absolute Gasteiger partial charge is 0.189 e. The normalized spacial score (nSPS) is 11.6. The largest absolute Gasteiger partial charge is 0.309 e. The van der Waals surface area contributed by atoms with E-state index >= 15 is 0 Å². The molecule has 5 heteroatoms. The number of para-hydroxylation sites is 5. The Morgan fingerprint density at radius 3 is 1.58 bits per heavy atom. The maximum Gasteiger partial charge on any atom is 0.189 e. The molecule has 3 aromatic heterocycles. The van der Waals surface area contributed by atoms with Crippen molar-refractivity contribution >= 4 is 71.1 Å². The van der Waals surface area contributed by atoms with Crippen LogP contribution < -0.4 is 0 Å².